The molecule has 0 atom stereocenters. The van der Waals surface area contributed by atoms with Crippen molar-refractivity contribution in [2.45, 2.75) is 51.4 Å². The van der Waals surface area contributed by atoms with Crippen LogP contribution in [0.2, 0.25) is 0 Å². The van der Waals surface area contributed by atoms with Crippen LogP contribution < -0.4 is 4.90 Å². The van der Waals surface area contributed by atoms with E-state index in [0.29, 0.717) is 0 Å². The van der Waals surface area contributed by atoms with Gasteiger partial charge in [0.15, 0.2) is 0 Å². The quantitative estimate of drug-likeness (QED) is 0.503. The minimum Gasteiger partial charge on any atom is -0.477 e. The van der Waals surface area contributed by atoms with E-state index < -0.39 is 5.97 Å². The van der Waals surface area contributed by atoms with Gasteiger partial charge in [-0.3, -0.25) is 0 Å². The number of para-hydroxylation sites is 2. The standard InChI is InChI=1S/C28H29N3O2/c1-27(2)12-13-28(3,4)20-15-24-18(14-19(20)27)25(17-10-11-22(26(32)33)29-16-17)30-21-8-6-7-9-23(21)31(24)5/h6-11,14-16H,12-13H2,1-5H3,(H,32,33). The van der Waals surface area contributed by atoms with Gasteiger partial charge < -0.3 is 10.0 Å². The van der Waals surface area contributed by atoms with Gasteiger partial charge in [-0.25, -0.2) is 14.8 Å². The maximum absolute atomic E-state index is 11.3. The summed E-state index contributed by atoms with van der Waals surface area (Å²) in [7, 11) is 2.09. The summed E-state index contributed by atoms with van der Waals surface area (Å²) in [6.07, 6.45) is 3.89. The summed E-state index contributed by atoms with van der Waals surface area (Å²) in [6, 6.07) is 16.2. The zero-order valence-corrected chi connectivity index (χ0v) is 19.8. The van der Waals surface area contributed by atoms with Crippen LogP contribution >= 0.6 is 0 Å². The van der Waals surface area contributed by atoms with Gasteiger partial charge in [0.1, 0.15) is 5.69 Å². The topological polar surface area (TPSA) is 65.8 Å². The molecule has 0 fully saturated rings. The molecule has 3 aromatic rings. The van der Waals surface area contributed by atoms with Gasteiger partial charge >= 0.3 is 5.97 Å². The summed E-state index contributed by atoms with van der Waals surface area (Å²) < 4.78 is 0. The van der Waals surface area contributed by atoms with Gasteiger partial charge in [-0.05, 0) is 71.2 Å². The van der Waals surface area contributed by atoms with Crippen LogP contribution in [0.3, 0.4) is 0 Å². The van der Waals surface area contributed by atoms with Crippen molar-refractivity contribution in [1.82, 2.24) is 4.98 Å². The summed E-state index contributed by atoms with van der Waals surface area (Å²) in [6.45, 7) is 9.31. The monoisotopic (exact) mass is 439 g/mol. The lowest BCUT2D eigenvalue weighted by Gasteiger charge is -2.43. The first-order valence-electron chi connectivity index (χ1n) is 11.4. The number of carboxylic acid groups (broad SMARTS) is 1. The normalized spacial score (nSPS) is 17.8. The molecule has 2 aliphatic rings. The third-order valence-electron chi connectivity index (χ3n) is 7.32. The van der Waals surface area contributed by atoms with E-state index in [2.05, 4.69) is 62.8 Å². The predicted octanol–water partition coefficient (Wildman–Crippen LogP) is 6.38. The molecule has 0 saturated carbocycles. The van der Waals surface area contributed by atoms with Crippen molar-refractivity contribution in [3.63, 3.8) is 0 Å². The lowest BCUT2D eigenvalue weighted by Crippen LogP contribution is -2.34. The number of rotatable bonds is 2. The van der Waals surface area contributed by atoms with Gasteiger partial charge in [0, 0.05) is 24.4 Å². The summed E-state index contributed by atoms with van der Waals surface area (Å²) in [5, 5.41) is 9.29. The molecule has 0 saturated heterocycles. The highest BCUT2D eigenvalue weighted by Crippen LogP contribution is 2.49. The van der Waals surface area contributed by atoms with Crippen molar-refractivity contribution in [2.24, 2.45) is 4.99 Å². The smallest absolute Gasteiger partial charge is 0.354 e. The summed E-state index contributed by atoms with van der Waals surface area (Å²) >= 11 is 0. The molecule has 0 amide bonds. The van der Waals surface area contributed by atoms with E-state index in [4.69, 9.17) is 4.99 Å². The molecule has 1 aromatic heterocycles. The highest BCUT2D eigenvalue weighted by Gasteiger charge is 2.39. The minimum absolute atomic E-state index is 0.0269. The largest absolute Gasteiger partial charge is 0.477 e. The molecule has 1 N–H and O–H groups in total. The Balaban J connectivity index is 1.81. The maximum Gasteiger partial charge on any atom is 0.354 e. The van der Waals surface area contributed by atoms with E-state index in [1.165, 1.54) is 11.1 Å². The van der Waals surface area contributed by atoms with Gasteiger partial charge in [0.25, 0.3) is 0 Å². The third-order valence-corrected chi connectivity index (χ3v) is 7.32. The number of aromatic carboxylic acids is 1. The molecular formula is C28H29N3O2. The molecule has 0 bridgehead atoms. The molecule has 33 heavy (non-hydrogen) atoms. The molecule has 2 heterocycles. The number of fused-ring (bicyclic) bond motifs is 3. The Labute approximate surface area is 194 Å². The molecule has 2 aromatic carbocycles. The Hall–Kier alpha value is -3.47. The van der Waals surface area contributed by atoms with E-state index in [-0.39, 0.29) is 16.5 Å². The van der Waals surface area contributed by atoms with Crippen molar-refractivity contribution >= 4 is 28.7 Å². The van der Waals surface area contributed by atoms with Crippen LogP contribution in [0.15, 0.2) is 59.7 Å². The van der Waals surface area contributed by atoms with Gasteiger partial charge in [-0.15, -0.1) is 0 Å². The fraction of sp³-hybridized carbons (Fsp3) is 0.321. The lowest BCUT2D eigenvalue weighted by atomic mass is 9.62. The molecule has 168 valence electrons. The third kappa shape index (κ3) is 3.43. The number of benzene rings is 2. The second-order valence-corrected chi connectivity index (χ2v) is 10.4. The number of hydrogen-bond donors (Lipinski definition) is 1. The number of aliphatic imine (C=N–C) groups is 1. The highest BCUT2D eigenvalue weighted by atomic mass is 16.4. The Morgan fingerprint density at radius 3 is 2.24 bits per heavy atom. The van der Waals surface area contributed by atoms with Crippen LogP contribution in [0.25, 0.3) is 0 Å². The van der Waals surface area contributed by atoms with Gasteiger partial charge in [-0.1, -0.05) is 39.8 Å². The summed E-state index contributed by atoms with van der Waals surface area (Å²) in [5.74, 6) is -1.03. The predicted molar refractivity (Wildman–Crippen MR) is 133 cm³/mol. The first kappa shape index (κ1) is 21.4. The Morgan fingerprint density at radius 1 is 0.939 bits per heavy atom. The molecule has 5 rings (SSSR count). The molecule has 5 heteroatoms. The lowest BCUT2D eigenvalue weighted by molar-refractivity contribution is 0.0690. The first-order chi connectivity index (χ1) is 15.6. The molecule has 0 radical (unpaired) electrons. The SMILES string of the molecule is CN1c2ccccc2N=C(c2ccc(C(=O)O)nc2)c2cc3c(cc21)C(C)(C)CCC3(C)C. The molecule has 0 spiro atoms. The molecule has 0 unspecified atom stereocenters. The van der Waals surface area contributed by atoms with E-state index in [1.807, 2.05) is 24.3 Å². The van der Waals surface area contributed by atoms with Crippen LogP contribution in [0.5, 0.6) is 0 Å². The van der Waals surface area contributed by atoms with Crippen LogP contribution in [-0.2, 0) is 10.8 Å². The number of anilines is 2. The number of carboxylic acids is 1. The Morgan fingerprint density at radius 2 is 1.61 bits per heavy atom. The van der Waals surface area contributed by atoms with Crippen molar-refractivity contribution in [1.29, 1.82) is 0 Å². The molecule has 1 aliphatic heterocycles. The van der Waals surface area contributed by atoms with Gasteiger partial charge in [0.2, 0.25) is 0 Å². The van der Waals surface area contributed by atoms with E-state index >= 15 is 0 Å². The maximum atomic E-state index is 11.3. The van der Waals surface area contributed by atoms with Crippen LogP contribution in [0.4, 0.5) is 17.1 Å². The summed E-state index contributed by atoms with van der Waals surface area (Å²) in [4.78, 5) is 22.8. The van der Waals surface area contributed by atoms with Gasteiger partial charge in [0.05, 0.1) is 22.8 Å². The number of carbonyl (C=O) groups is 1. The van der Waals surface area contributed by atoms with E-state index in [1.54, 1.807) is 12.3 Å². The fourth-order valence-electron chi connectivity index (χ4n) is 5.10. The zero-order valence-electron chi connectivity index (χ0n) is 19.8. The number of pyridine rings is 1. The van der Waals surface area contributed by atoms with Crippen molar-refractivity contribution in [3.8, 4) is 0 Å². The fourth-order valence-corrected chi connectivity index (χ4v) is 5.10. The first-order valence-corrected chi connectivity index (χ1v) is 11.4. The summed E-state index contributed by atoms with van der Waals surface area (Å²) in [5.41, 5.74) is 8.62. The van der Waals surface area contributed by atoms with Crippen LogP contribution in [0, 0.1) is 0 Å². The van der Waals surface area contributed by atoms with E-state index in [9.17, 15) is 9.90 Å². The van der Waals surface area contributed by atoms with Crippen LogP contribution in [0.1, 0.15) is 73.3 Å². The second kappa shape index (κ2) is 7.27. The average molecular weight is 440 g/mol. The van der Waals surface area contributed by atoms with Crippen molar-refractivity contribution < 1.29 is 9.90 Å². The highest BCUT2D eigenvalue weighted by molar-refractivity contribution is 6.19. The zero-order chi connectivity index (χ0) is 23.5. The number of hydrogen-bond acceptors (Lipinski definition) is 4. The minimum atomic E-state index is -1.03. The van der Waals surface area contributed by atoms with Gasteiger partial charge in [-0.2, -0.15) is 0 Å². The number of nitrogens with zero attached hydrogens (tertiary/aromatic N) is 3. The number of aromatic nitrogens is 1. The van der Waals surface area contributed by atoms with Crippen molar-refractivity contribution in [2.75, 3.05) is 11.9 Å². The second-order valence-electron chi connectivity index (χ2n) is 10.4. The van der Waals surface area contributed by atoms with E-state index in [0.717, 1.165) is 46.7 Å². The average Bonchev–Trinajstić information content (AvgIpc) is 2.91. The van der Waals surface area contributed by atoms with Crippen molar-refractivity contribution in [3.05, 3.63) is 82.7 Å². The van der Waals surface area contributed by atoms with Crippen LogP contribution in [-0.4, -0.2) is 28.8 Å². The Kier molecular flexibility index (Phi) is 4.71. The Bertz CT molecular complexity index is 1300. The molecular weight excluding hydrogens is 410 g/mol. The molecule has 1 aliphatic carbocycles. The molecule has 5 nitrogen and oxygen atoms in total.